The molecule has 0 amide bonds. The Morgan fingerprint density at radius 2 is 1.64 bits per heavy atom. The standard InChI is InChI=1S/C35H36N2O7S/c1-6-41-29-20-24(12-17-28(29)44-19-18-43-27-11-9-8-10-22(27)3)21-30-33(38)37-32(25-13-15-26(40-5)16-14-25)31(34(39)42-7-2)23(4)36-35(37)45-30/h8-17,20-21,32H,6-7,18-19H2,1-5H3/b30-21+. The zero-order chi connectivity index (χ0) is 31.9. The van der Waals surface area contributed by atoms with Crippen molar-refractivity contribution in [3.8, 4) is 23.0 Å². The van der Waals surface area contributed by atoms with Crippen LogP contribution in [0.5, 0.6) is 23.0 Å². The second-order valence-electron chi connectivity index (χ2n) is 10.2. The van der Waals surface area contributed by atoms with E-state index >= 15 is 0 Å². The molecule has 3 aromatic carbocycles. The van der Waals surface area contributed by atoms with E-state index in [0.29, 0.717) is 57.7 Å². The third-order valence-electron chi connectivity index (χ3n) is 7.21. The molecule has 0 fully saturated rings. The van der Waals surface area contributed by atoms with E-state index in [-0.39, 0.29) is 12.2 Å². The van der Waals surface area contributed by atoms with Gasteiger partial charge in [0.15, 0.2) is 16.3 Å². The van der Waals surface area contributed by atoms with E-state index in [1.54, 1.807) is 43.7 Å². The molecule has 234 valence electrons. The second kappa shape index (κ2) is 14.3. The van der Waals surface area contributed by atoms with Crippen molar-refractivity contribution >= 4 is 23.4 Å². The van der Waals surface area contributed by atoms with Crippen LogP contribution >= 0.6 is 11.3 Å². The van der Waals surface area contributed by atoms with Gasteiger partial charge in [-0.1, -0.05) is 47.7 Å². The topological polar surface area (TPSA) is 97.6 Å². The third kappa shape index (κ3) is 6.96. The van der Waals surface area contributed by atoms with E-state index in [2.05, 4.69) is 4.99 Å². The summed E-state index contributed by atoms with van der Waals surface area (Å²) in [7, 11) is 1.59. The first kappa shape index (κ1) is 31.6. The van der Waals surface area contributed by atoms with Gasteiger partial charge in [-0.15, -0.1) is 0 Å². The van der Waals surface area contributed by atoms with Crippen molar-refractivity contribution in [2.45, 2.75) is 33.7 Å². The quantitative estimate of drug-likeness (QED) is 0.161. The molecule has 9 nitrogen and oxygen atoms in total. The number of aryl methyl sites for hydroxylation is 1. The van der Waals surface area contributed by atoms with Crippen molar-refractivity contribution in [1.29, 1.82) is 0 Å². The van der Waals surface area contributed by atoms with E-state index in [0.717, 1.165) is 22.4 Å². The van der Waals surface area contributed by atoms with Crippen molar-refractivity contribution in [2.75, 3.05) is 33.5 Å². The lowest BCUT2D eigenvalue weighted by Gasteiger charge is -2.24. The Morgan fingerprint density at radius 3 is 2.33 bits per heavy atom. The summed E-state index contributed by atoms with van der Waals surface area (Å²) in [6.07, 6.45) is 1.80. The number of rotatable bonds is 12. The van der Waals surface area contributed by atoms with Gasteiger partial charge in [0.05, 0.1) is 42.2 Å². The zero-order valence-corrected chi connectivity index (χ0v) is 26.8. The molecule has 1 aromatic heterocycles. The molecule has 0 saturated heterocycles. The van der Waals surface area contributed by atoms with Gasteiger partial charge in [0.25, 0.3) is 5.56 Å². The molecule has 4 aromatic rings. The Labute approximate surface area is 265 Å². The molecule has 0 bridgehead atoms. The maximum Gasteiger partial charge on any atom is 0.338 e. The molecule has 1 aliphatic rings. The minimum absolute atomic E-state index is 0.205. The number of para-hydroxylation sites is 1. The lowest BCUT2D eigenvalue weighted by atomic mass is 9.96. The summed E-state index contributed by atoms with van der Waals surface area (Å²) in [5.41, 5.74) is 3.13. The number of allylic oxidation sites excluding steroid dienone is 1. The van der Waals surface area contributed by atoms with Crippen LogP contribution in [-0.4, -0.2) is 44.1 Å². The van der Waals surface area contributed by atoms with E-state index < -0.39 is 12.0 Å². The Kier molecular flexibility index (Phi) is 10.0. The van der Waals surface area contributed by atoms with Crippen LogP contribution in [0.1, 0.15) is 43.5 Å². The number of fused-ring (bicyclic) bond motifs is 1. The number of ether oxygens (including phenoxy) is 5. The van der Waals surface area contributed by atoms with Crippen molar-refractivity contribution in [3.05, 3.63) is 114 Å². The molecule has 0 aliphatic carbocycles. The lowest BCUT2D eigenvalue weighted by Crippen LogP contribution is -2.39. The Bertz CT molecular complexity index is 1890. The van der Waals surface area contributed by atoms with Gasteiger partial charge in [-0.25, -0.2) is 9.79 Å². The van der Waals surface area contributed by atoms with E-state index in [1.165, 1.54) is 11.3 Å². The number of carbonyl (C=O) groups excluding carboxylic acids is 1. The largest absolute Gasteiger partial charge is 0.497 e. The summed E-state index contributed by atoms with van der Waals surface area (Å²) in [5, 5.41) is 0. The molecular formula is C35H36N2O7S. The van der Waals surface area contributed by atoms with Crippen molar-refractivity contribution < 1.29 is 28.5 Å². The minimum Gasteiger partial charge on any atom is -0.497 e. The summed E-state index contributed by atoms with van der Waals surface area (Å²) in [6.45, 7) is 8.77. The Hall–Kier alpha value is -4.83. The highest BCUT2D eigenvalue weighted by atomic mass is 32.1. The molecule has 1 unspecified atom stereocenters. The highest BCUT2D eigenvalue weighted by Gasteiger charge is 2.33. The summed E-state index contributed by atoms with van der Waals surface area (Å²) < 4.78 is 30.5. The molecule has 5 rings (SSSR count). The van der Waals surface area contributed by atoms with Crippen LogP contribution in [-0.2, 0) is 9.53 Å². The molecule has 0 N–H and O–H groups in total. The predicted molar refractivity (Wildman–Crippen MR) is 173 cm³/mol. The van der Waals surface area contributed by atoms with E-state index in [9.17, 15) is 9.59 Å². The van der Waals surface area contributed by atoms with Gasteiger partial charge in [0.1, 0.15) is 24.7 Å². The lowest BCUT2D eigenvalue weighted by molar-refractivity contribution is -0.139. The molecule has 0 saturated carbocycles. The number of hydrogen-bond acceptors (Lipinski definition) is 9. The molecule has 0 radical (unpaired) electrons. The molecule has 2 heterocycles. The maximum absolute atomic E-state index is 14.0. The molecule has 10 heteroatoms. The first-order valence-corrected chi connectivity index (χ1v) is 15.6. The SMILES string of the molecule is CCOC(=O)C1=C(C)N=c2s/c(=C/c3ccc(OCCOc4ccccc4C)c(OCC)c3)c(=O)n2C1c1ccc(OC)cc1. The van der Waals surface area contributed by atoms with Crippen LogP contribution in [0.2, 0.25) is 0 Å². The molecule has 1 aliphatic heterocycles. The van der Waals surface area contributed by atoms with E-state index in [1.807, 2.05) is 68.4 Å². The van der Waals surface area contributed by atoms with Gasteiger partial charge >= 0.3 is 5.97 Å². The van der Waals surface area contributed by atoms with Gasteiger partial charge in [0, 0.05) is 0 Å². The Morgan fingerprint density at radius 1 is 0.911 bits per heavy atom. The van der Waals surface area contributed by atoms with Crippen LogP contribution in [0.25, 0.3) is 6.08 Å². The third-order valence-corrected chi connectivity index (χ3v) is 8.19. The average molecular weight is 629 g/mol. The number of benzene rings is 3. The van der Waals surface area contributed by atoms with Gasteiger partial charge in [-0.05, 0) is 80.8 Å². The molecule has 0 spiro atoms. The summed E-state index contributed by atoms with van der Waals surface area (Å²) in [4.78, 5) is 32.2. The van der Waals surface area contributed by atoms with Crippen LogP contribution in [0.15, 0.2) is 87.8 Å². The molecule has 45 heavy (non-hydrogen) atoms. The second-order valence-corrected chi connectivity index (χ2v) is 11.2. The van der Waals surface area contributed by atoms with Crippen molar-refractivity contribution in [2.24, 2.45) is 4.99 Å². The number of nitrogens with zero attached hydrogens (tertiary/aromatic N) is 2. The van der Waals surface area contributed by atoms with Crippen LogP contribution < -0.4 is 33.8 Å². The highest BCUT2D eigenvalue weighted by molar-refractivity contribution is 7.07. The summed E-state index contributed by atoms with van der Waals surface area (Å²) >= 11 is 1.26. The fourth-order valence-corrected chi connectivity index (χ4v) is 6.11. The first-order valence-electron chi connectivity index (χ1n) is 14.8. The summed E-state index contributed by atoms with van der Waals surface area (Å²) in [5.74, 6) is 2.13. The van der Waals surface area contributed by atoms with Gasteiger partial charge in [0.2, 0.25) is 0 Å². The summed E-state index contributed by atoms with van der Waals surface area (Å²) in [6, 6.07) is 20.0. The van der Waals surface area contributed by atoms with Gasteiger partial charge in [-0.3, -0.25) is 9.36 Å². The van der Waals surface area contributed by atoms with E-state index in [4.69, 9.17) is 23.7 Å². The first-order chi connectivity index (χ1) is 21.8. The number of methoxy groups -OCH3 is 1. The highest BCUT2D eigenvalue weighted by Crippen LogP contribution is 2.32. The van der Waals surface area contributed by atoms with Crippen molar-refractivity contribution in [1.82, 2.24) is 4.57 Å². The van der Waals surface area contributed by atoms with Crippen molar-refractivity contribution in [3.63, 3.8) is 0 Å². The molecule has 1 atom stereocenters. The Balaban J connectivity index is 1.46. The van der Waals surface area contributed by atoms with Gasteiger partial charge in [-0.2, -0.15) is 0 Å². The fraction of sp³-hybridized carbons (Fsp3) is 0.286. The average Bonchev–Trinajstić information content (AvgIpc) is 3.34. The monoisotopic (exact) mass is 628 g/mol. The fourth-order valence-electron chi connectivity index (χ4n) is 5.07. The zero-order valence-electron chi connectivity index (χ0n) is 26.0. The minimum atomic E-state index is -0.704. The number of carbonyl (C=O) groups is 1. The van der Waals surface area contributed by atoms with Crippen LogP contribution in [0.3, 0.4) is 0 Å². The smallest absolute Gasteiger partial charge is 0.338 e. The van der Waals surface area contributed by atoms with Crippen LogP contribution in [0.4, 0.5) is 0 Å². The maximum atomic E-state index is 14.0. The molecular weight excluding hydrogens is 592 g/mol. The van der Waals surface area contributed by atoms with Gasteiger partial charge < -0.3 is 23.7 Å². The predicted octanol–water partition coefficient (Wildman–Crippen LogP) is 4.97. The number of esters is 1. The number of thiazole rings is 1. The normalized spacial score (nSPS) is 14.4. The number of aromatic nitrogens is 1. The van der Waals surface area contributed by atoms with Crippen LogP contribution in [0, 0.1) is 6.92 Å². The number of hydrogen-bond donors (Lipinski definition) is 0.